The van der Waals surface area contributed by atoms with Crippen LogP contribution < -0.4 is 0 Å². The molecule has 5 nitrogen and oxygen atoms in total. The van der Waals surface area contributed by atoms with Gasteiger partial charge in [-0.15, -0.1) is 0 Å². The summed E-state index contributed by atoms with van der Waals surface area (Å²) in [5, 5.41) is 10.7. The van der Waals surface area contributed by atoms with Crippen molar-refractivity contribution in [2.24, 2.45) is 0 Å². The van der Waals surface area contributed by atoms with E-state index >= 15 is 0 Å². The normalized spacial score (nSPS) is 13.6. The second-order valence-electron chi connectivity index (χ2n) is 3.85. The molecule has 1 N–H and O–H groups in total. The first-order valence-electron chi connectivity index (χ1n) is 5.14. The molecule has 0 saturated carbocycles. The number of rotatable bonds is 1. The third kappa shape index (κ3) is 1.13. The van der Waals surface area contributed by atoms with Crippen molar-refractivity contribution >= 4 is 29.0 Å². The number of aromatic hydroxyl groups is 1. The molecule has 0 fully saturated rings. The van der Waals surface area contributed by atoms with Crippen LogP contribution in [-0.2, 0) is 4.74 Å². The third-order valence-corrected chi connectivity index (χ3v) is 2.94. The molecule has 0 amide bonds. The Morgan fingerprint density at radius 1 is 1.00 bits per heavy atom. The van der Waals surface area contributed by atoms with Crippen molar-refractivity contribution < 1.29 is 24.2 Å². The average molecular weight is 242 g/mol. The first-order valence-corrected chi connectivity index (χ1v) is 5.14. The molecular formula is C13H6O5. The number of hydrogen-bond acceptors (Lipinski definition) is 5. The molecule has 88 valence electrons. The van der Waals surface area contributed by atoms with E-state index in [1.165, 1.54) is 0 Å². The summed E-state index contributed by atoms with van der Waals surface area (Å²) >= 11 is 0. The van der Waals surface area contributed by atoms with Crippen LogP contribution >= 0.6 is 0 Å². The highest BCUT2D eigenvalue weighted by atomic mass is 16.6. The summed E-state index contributed by atoms with van der Waals surface area (Å²) in [6, 6.07) is 6.53. The Morgan fingerprint density at radius 3 is 2.28 bits per heavy atom. The van der Waals surface area contributed by atoms with Crippen molar-refractivity contribution in [3.8, 4) is 5.75 Å². The van der Waals surface area contributed by atoms with Crippen LogP contribution in [0.25, 0.3) is 10.8 Å². The molecule has 0 aliphatic carbocycles. The van der Waals surface area contributed by atoms with E-state index in [4.69, 9.17) is 0 Å². The summed E-state index contributed by atoms with van der Waals surface area (Å²) in [5.41, 5.74) is -0.240. The van der Waals surface area contributed by atoms with E-state index < -0.39 is 17.7 Å². The number of cyclic esters (lactones) is 2. The fourth-order valence-electron chi connectivity index (χ4n) is 2.17. The number of fused-ring (bicyclic) bond motifs is 3. The molecule has 2 aromatic rings. The summed E-state index contributed by atoms with van der Waals surface area (Å²) in [6.45, 7) is 0. The van der Waals surface area contributed by atoms with Crippen LogP contribution in [0.1, 0.15) is 31.1 Å². The fourth-order valence-corrected chi connectivity index (χ4v) is 2.17. The highest BCUT2D eigenvalue weighted by molar-refractivity contribution is 6.25. The van der Waals surface area contributed by atoms with E-state index in [1.807, 2.05) is 0 Å². The number of ether oxygens (including phenoxy) is 1. The van der Waals surface area contributed by atoms with E-state index in [1.54, 1.807) is 24.3 Å². The average Bonchev–Trinajstić information content (AvgIpc) is 2.66. The monoisotopic (exact) mass is 242 g/mol. The Bertz CT molecular complexity index is 730. The molecule has 0 unspecified atom stereocenters. The Kier molecular flexibility index (Phi) is 1.98. The van der Waals surface area contributed by atoms with E-state index in [0.29, 0.717) is 17.1 Å². The van der Waals surface area contributed by atoms with Gasteiger partial charge < -0.3 is 9.84 Å². The smallest absolute Gasteiger partial charge is 0.350 e. The van der Waals surface area contributed by atoms with Gasteiger partial charge in [0.15, 0.2) is 6.29 Å². The van der Waals surface area contributed by atoms with Gasteiger partial charge in [-0.1, -0.05) is 24.3 Å². The predicted octanol–water partition coefficient (Wildman–Crippen LogP) is 1.67. The van der Waals surface area contributed by atoms with Crippen molar-refractivity contribution in [1.82, 2.24) is 0 Å². The SMILES string of the molecule is O=Cc1c(O)c2c(c3ccccc13)C(=O)OC2=O. The largest absolute Gasteiger partial charge is 0.506 e. The molecule has 0 atom stereocenters. The minimum Gasteiger partial charge on any atom is -0.506 e. The van der Waals surface area contributed by atoms with Crippen LogP contribution in [0.5, 0.6) is 5.75 Å². The van der Waals surface area contributed by atoms with Gasteiger partial charge in [-0.3, -0.25) is 4.79 Å². The van der Waals surface area contributed by atoms with Gasteiger partial charge in [0.2, 0.25) is 0 Å². The summed E-state index contributed by atoms with van der Waals surface area (Å²) in [5.74, 6) is -2.24. The van der Waals surface area contributed by atoms with Crippen LogP contribution in [0, 0.1) is 0 Å². The van der Waals surface area contributed by atoms with Crippen LogP contribution in [-0.4, -0.2) is 23.3 Å². The number of benzene rings is 2. The second kappa shape index (κ2) is 3.40. The number of phenols is 1. The molecule has 0 spiro atoms. The third-order valence-electron chi connectivity index (χ3n) is 2.94. The van der Waals surface area contributed by atoms with Gasteiger partial charge in [0.1, 0.15) is 11.3 Å². The number of esters is 2. The summed E-state index contributed by atoms with van der Waals surface area (Å²) in [7, 11) is 0. The zero-order chi connectivity index (χ0) is 12.9. The van der Waals surface area contributed by atoms with E-state index in [-0.39, 0.29) is 16.7 Å². The maximum absolute atomic E-state index is 11.6. The summed E-state index contributed by atoms with van der Waals surface area (Å²) < 4.78 is 4.47. The lowest BCUT2D eigenvalue weighted by Gasteiger charge is -2.07. The van der Waals surface area contributed by atoms with Crippen LogP contribution in [0.3, 0.4) is 0 Å². The molecule has 1 aliphatic heterocycles. The Morgan fingerprint density at radius 2 is 1.61 bits per heavy atom. The van der Waals surface area contributed by atoms with Gasteiger partial charge >= 0.3 is 11.9 Å². The highest BCUT2D eigenvalue weighted by Gasteiger charge is 2.36. The highest BCUT2D eigenvalue weighted by Crippen LogP contribution is 2.38. The van der Waals surface area contributed by atoms with Gasteiger partial charge in [0.05, 0.1) is 11.1 Å². The number of phenolic OH excluding ortho intramolecular Hbond substituents is 1. The maximum Gasteiger partial charge on any atom is 0.350 e. The first-order chi connectivity index (χ1) is 8.65. The first kappa shape index (κ1) is 10.5. The van der Waals surface area contributed by atoms with Crippen LogP contribution in [0.2, 0.25) is 0 Å². The Hall–Kier alpha value is -2.69. The minimum atomic E-state index is -0.929. The van der Waals surface area contributed by atoms with Gasteiger partial charge in [0.25, 0.3) is 0 Å². The lowest BCUT2D eigenvalue weighted by molar-refractivity contribution is 0.0443. The minimum absolute atomic E-state index is 0.0127. The Balaban J connectivity index is 2.61. The lowest BCUT2D eigenvalue weighted by atomic mass is 9.95. The van der Waals surface area contributed by atoms with E-state index in [2.05, 4.69) is 4.74 Å². The predicted molar refractivity (Wildman–Crippen MR) is 60.7 cm³/mol. The van der Waals surface area contributed by atoms with Crippen molar-refractivity contribution in [3.63, 3.8) is 0 Å². The van der Waals surface area contributed by atoms with Crippen molar-refractivity contribution in [1.29, 1.82) is 0 Å². The molecule has 1 aliphatic rings. The van der Waals surface area contributed by atoms with Crippen LogP contribution in [0.4, 0.5) is 0 Å². The standard InChI is InChI=1S/C13H6O5/c14-5-8-6-3-1-2-4-7(6)9-10(11(8)15)13(17)18-12(9)16/h1-5,15H. The number of aldehydes is 1. The van der Waals surface area contributed by atoms with E-state index in [9.17, 15) is 19.5 Å². The van der Waals surface area contributed by atoms with Gasteiger partial charge in [0, 0.05) is 0 Å². The molecule has 3 rings (SSSR count). The molecule has 0 aromatic heterocycles. The fraction of sp³-hybridized carbons (Fsp3) is 0. The topological polar surface area (TPSA) is 80.7 Å². The molecular weight excluding hydrogens is 236 g/mol. The molecule has 0 bridgehead atoms. The molecule has 18 heavy (non-hydrogen) atoms. The van der Waals surface area contributed by atoms with Gasteiger partial charge in [-0.2, -0.15) is 0 Å². The summed E-state index contributed by atoms with van der Waals surface area (Å²) in [4.78, 5) is 34.1. The quantitative estimate of drug-likeness (QED) is 0.467. The number of hydrogen-bond donors (Lipinski definition) is 1. The van der Waals surface area contributed by atoms with Crippen molar-refractivity contribution in [2.45, 2.75) is 0 Å². The maximum atomic E-state index is 11.6. The van der Waals surface area contributed by atoms with Gasteiger partial charge in [-0.05, 0) is 10.8 Å². The molecule has 5 heteroatoms. The molecule has 2 aromatic carbocycles. The second-order valence-corrected chi connectivity index (χ2v) is 3.85. The molecule has 0 radical (unpaired) electrons. The zero-order valence-electron chi connectivity index (χ0n) is 8.97. The van der Waals surface area contributed by atoms with Gasteiger partial charge in [-0.25, -0.2) is 9.59 Å². The van der Waals surface area contributed by atoms with Crippen molar-refractivity contribution in [3.05, 3.63) is 41.0 Å². The zero-order valence-corrected chi connectivity index (χ0v) is 8.97. The van der Waals surface area contributed by atoms with Crippen LogP contribution in [0.15, 0.2) is 24.3 Å². The van der Waals surface area contributed by atoms with Crippen molar-refractivity contribution in [2.75, 3.05) is 0 Å². The lowest BCUT2D eigenvalue weighted by Crippen LogP contribution is -1.98. The molecule has 1 heterocycles. The number of carbonyl (C=O) groups is 3. The van der Waals surface area contributed by atoms with E-state index in [0.717, 1.165) is 0 Å². The summed E-state index contributed by atoms with van der Waals surface area (Å²) in [6.07, 6.45) is 0.452. The Labute approximate surface area is 101 Å². The molecule has 0 saturated heterocycles. The number of carbonyl (C=O) groups excluding carboxylic acids is 3.